The maximum atomic E-state index is 12.0. The van der Waals surface area contributed by atoms with Gasteiger partial charge in [0.15, 0.2) is 0 Å². The predicted octanol–water partition coefficient (Wildman–Crippen LogP) is 2.04. The lowest BCUT2D eigenvalue weighted by atomic mass is 10.2. The van der Waals surface area contributed by atoms with Gasteiger partial charge in [-0.25, -0.2) is 0 Å². The topological polar surface area (TPSA) is 58.6 Å². The summed E-state index contributed by atoms with van der Waals surface area (Å²) >= 11 is 5.77. The standard InChI is InChI=1S/C13H19ClN2O3S/c14-12-4-6-13(7-5-12)19-11-8-15-20(17,18)16-9-2-1-3-10-16/h4-7,15H,1-3,8-11H2. The molecule has 112 valence electrons. The molecule has 1 saturated heterocycles. The molecule has 0 atom stereocenters. The van der Waals surface area contributed by atoms with Crippen molar-refractivity contribution < 1.29 is 13.2 Å². The predicted molar refractivity (Wildman–Crippen MR) is 79.3 cm³/mol. The van der Waals surface area contributed by atoms with E-state index < -0.39 is 10.2 Å². The Balaban J connectivity index is 1.73. The number of benzene rings is 1. The van der Waals surface area contributed by atoms with Crippen molar-refractivity contribution in [2.45, 2.75) is 19.3 Å². The molecular formula is C13H19ClN2O3S. The molecule has 0 radical (unpaired) electrons. The second-order valence-electron chi connectivity index (χ2n) is 4.66. The largest absolute Gasteiger partial charge is 0.492 e. The van der Waals surface area contributed by atoms with Gasteiger partial charge in [-0.15, -0.1) is 0 Å². The van der Waals surface area contributed by atoms with Gasteiger partial charge in [0.05, 0.1) is 0 Å². The molecule has 1 aliphatic rings. The van der Waals surface area contributed by atoms with Crippen LogP contribution in [0.2, 0.25) is 5.02 Å². The molecule has 0 amide bonds. The summed E-state index contributed by atoms with van der Waals surface area (Å²) in [6.07, 6.45) is 2.97. The molecule has 0 bridgehead atoms. The average Bonchev–Trinajstić information content (AvgIpc) is 2.46. The maximum Gasteiger partial charge on any atom is 0.279 e. The monoisotopic (exact) mass is 318 g/mol. The molecule has 0 spiro atoms. The molecule has 1 aromatic rings. The van der Waals surface area contributed by atoms with Gasteiger partial charge in [0.2, 0.25) is 0 Å². The van der Waals surface area contributed by atoms with Crippen molar-refractivity contribution in [2.24, 2.45) is 0 Å². The zero-order valence-electron chi connectivity index (χ0n) is 11.2. The molecule has 0 unspecified atom stereocenters. The van der Waals surface area contributed by atoms with Crippen molar-refractivity contribution in [3.05, 3.63) is 29.3 Å². The molecular weight excluding hydrogens is 300 g/mol. The second-order valence-corrected chi connectivity index (χ2v) is 6.85. The van der Waals surface area contributed by atoms with Gasteiger partial charge in [0.1, 0.15) is 12.4 Å². The third-order valence-electron chi connectivity index (χ3n) is 3.12. The third-order valence-corrected chi connectivity index (χ3v) is 4.99. The summed E-state index contributed by atoms with van der Waals surface area (Å²) in [5.74, 6) is 0.673. The highest BCUT2D eigenvalue weighted by Crippen LogP contribution is 2.15. The van der Waals surface area contributed by atoms with Crippen molar-refractivity contribution in [1.29, 1.82) is 0 Å². The quantitative estimate of drug-likeness (QED) is 0.817. The van der Waals surface area contributed by atoms with Crippen LogP contribution in [0.5, 0.6) is 5.75 Å². The highest BCUT2D eigenvalue weighted by atomic mass is 35.5. The number of halogens is 1. The summed E-state index contributed by atoms with van der Waals surface area (Å²) in [5.41, 5.74) is 0. The first-order valence-corrected chi connectivity index (χ1v) is 8.53. The zero-order valence-corrected chi connectivity index (χ0v) is 12.8. The smallest absolute Gasteiger partial charge is 0.279 e. The van der Waals surface area contributed by atoms with E-state index in [1.165, 1.54) is 4.31 Å². The fourth-order valence-electron chi connectivity index (χ4n) is 2.07. The van der Waals surface area contributed by atoms with Crippen LogP contribution in [0.15, 0.2) is 24.3 Å². The van der Waals surface area contributed by atoms with E-state index in [1.807, 2.05) is 0 Å². The molecule has 7 heteroatoms. The Morgan fingerprint density at radius 1 is 1.15 bits per heavy atom. The fourth-order valence-corrected chi connectivity index (χ4v) is 3.46. The first-order valence-electron chi connectivity index (χ1n) is 6.71. The minimum Gasteiger partial charge on any atom is -0.492 e. The van der Waals surface area contributed by atoms with Crippen LogP contribution in [-0.4, -0.2) is 39.0 Å². The molecule has 1 fully saturated rings. The highest BCUT2D eigenvalue weighted by molar-refractivity contribution is 7.87. The summed E-state index contributed by atoms with van der Waals surface area (Å²) in [6.45, 7) is 1.75. The molecule has 1 N–H and O–H groups in total. The van der Waals surface area contributed by atoms with Crippen LogP contribution < -0.4 is 9.46 Å². The number of rotatable bonds is 6. The van der Waals surface area contributed by atoms with Gasteiger partial charge in [-0.3, -0.25) is 0 Å². The van der Waals surface area contributed by atoms with Gasteiger partial charge in [0.25, 0.3) is 10.2 Å². The van der Waals surface area contributed by atoms with Crippen molar-refractivity contribution in [3.63, 3.8) is 0 Å². The van der Waals surface area contributed by atoms with Gasteiger partial charge < -0.3 is 4.74 Å². The van der Waals surface area contributed by atoms with Gasteiger partial charge >= 0.3 is 0 Å². The minimum absolute atomic E-state index is 0.251. The van der Waals surface area contributed by atoms with Crippen LogP contribution in [0.3, 0.4) is 0 Å². The first kappa shape index (κ1) is 15.6. The number of nitrogens with zero attached hydrogens (tertiary/aromatic N) is 1. The first-order chi connectivity index (χ1) is 9.58. The van der Waals surface area contributed by atoms with Gasteiger partial charge in [-0.05, 0) is 37.1 Å². The number of hydrogen-bond acceptors (Lipinski definition) is 3. The fraction of sp³-hybridized carbons (Fsp3) is 0.538. The van der Waals surface area contributed by atoms with Gasteiger partial charge in [0, 0.05) is 24.7 Å². The second kappa shape index (κ2) is 7.26. The van der Waals surface area contributed by atoms with Crippen molar-refractivity contribution in [3.8, 4) is 5.75 Å². The molecule has 0 aromatic heterocycles. The summed E-state index contributed by atoms with van der Waals surface area (Å²) in [5, 5.41) is 0.642. The van der Waals surface area contributed by atoms with E-state index in [1.54, 1.807) is 24.3 Å². The van der Waals surface area contributed by atoms with Crippen LogP contribution in [0, 0.1) is 0 Å². The van der Waals surface area contributed by atoms with E-state index >= 15 is 0 Å². The molecule has 20 heavy (non-hydrogen) atoms. The molecule has 1 aromatic carbocycles. The van der Waals surface area contributed by atoms with Crippen LogP contribution >= 0.6 is 11.6 Å². The van der Waals surface area contributed by atoms with E-state index in [0.717, 1.165) is 19.3 Å². The van der Waals surface area contributed by atoms with Crippen LogP contribution in [0.1, 0.15) is 19.3 Å². The number of hydrogen-bond donors (Lipinski definition) is 1. The summed E-state index contributed by atoms with van der Waals surface area (Å²) in [7, 11) is -3.36. The SMILES string of the molecule is O=S(=O)(NCCOc1ccc(Cl)cc1)N1CCCCC1. The summed E-state index contributed by atoms with van der Waals surface area (Å²) in [6, 6.07) is 6.96. The summed E-state index contributed by atoms with van der Waals surface area (Å²) < 4.78 is 33.5. The van der Waals surface area contributed by atoms with Crippen molar-refractivity contribution in [2.75, 3.05) is 26.2 Å². The Hall–Kier alpha value is -0.820. The third kappa shape index (κ3) is 4.63. The Morgan fingerprint density at radius 3 is 2.45 bits per heavy atom. The van der Waals surface area contributed by atoms with E-state index in [0.29, 0.717) is 23.9 Å². The minimum atomic E-state index is -3.36. The lowest BCUT2D eigenvalue weighted by molar-refractivity contribution is 0.313. The molecule has 0 saturated carbocycles. The van der Waals surface area contributed by atoms with Crippen LogP contribution in [0.4, 0.5) is 0 Å². The van der Waals surface area contributed by atoms with Crippen molar-refractivity contribution in [1.82, 2.24) is 9.03 Å². The van der Waals surface area contributed by atoms with Crippen LogP contribution in [-0.2, 0) is 10.2 Å². The molecule has 2 rings (SSSR count). The lowest BCUT2D eigenvalue weighted by Gasteiger charge is -2.25. The molecule has 1 heterocycles. The number of nitrogens with one attached hydrogen (secondary N) is 1. The van der Waals surface area contributed by atoms with Gasteiger partial charge in [-0.2, -0.15) is 17.4 Å². The van der Waals surface area contributed by atoms with E-state index in [2.05, 4.69) is 4.72 Å². The summed E-state index contributed by atoms with van der Waals surface area (Å²) in [4.78, 5) is 0. The lowest BCUT2D eigenvalue weighted by Crippen LogP contribution is -2.44. The molecule has 0 aliphatic carbocycles. The Bertz CT molecular complexity index is 513. The molecule has 1 aliphatic heterocycles. The Kier molecular flexibility index (Phi) is 5.65. The van der Waals surface area contributed by atoms with Gasteiger partial charge in [-0.1, -0.05) is 18.0 Å². The van der Waals surface area contributed by atoms with Crippen LogP contribution in [0.25, 0.3) is 0 Å². The van der Waals surface area contributed by atoms with E-state index in [-0.39, 0.29) is 13.2 Å². The Labute approximate surface area is 125 Å². The van der Waals surface area contributed by atoms with E-state index in [9.17, 15) is 8.42 Å². The van der Waals surface area contributed by atoms with Crippen molar-refractivity contribution >= 4 is 21.8 Å². The normalized spacial score (nSPS) is 17.1. The maximum absolute atomic E-state index is 12.0. The highest BCUT2D eigenvalue weighted by Gasteiger charge is 2.22. The number of ether oxygens (including phenoxy) is 1. The van der Waals surface area contributed by atoms with E-state index in [4.69, 9.17) is 16.3 Å². The molecule has 5 nitrogen and oxygen atoms in total. The zero-order chi connectivity index (χ0) is 14.4. The average molecular weight is 319 g/mol. The Morgan fingerprint density at radius 2 is 1.80 bits per heavy atom. The number of piperidine rings is 1.